The number of fused-ring (bicyclic) bond motifs is 2. The van der Waals surface area contributed by atoms with Gasteiger partial charge in [-0.05, 0) is 49.2 Å². The molecule has 2 aliphatic rings. The van der Waals surface area contributed by atoms with Gasteiger partial charge in [-0.2, -0.15) is 0 Å². The number of hydrogen-bond acceptors (Lipinski definition) is 5. The summed E-state index contributed by atoms with van der Waals surface area (Å²) in [4.78, 5) is 26.4. The third-order valence-corrected chi connectivity index (χ3v) is 5.88. The van der Waals surface area contributed by atoms with Crippen LogP contribution in [0.4, 0.5) is 5.69 Å². The summed E-state index contributed by atoms with van der Waals surface area (Å²) in [7, 11) is 0. The Morgan fingerprint density at radius 2 is 1.94 bits per heavy atom. The molecule has 158 valence electrons. The van der Waals surface area contributed by atoms with Crippen LogP contribution in [0.5, 0.6) is 11.5 Å². The number of nitrogens with zero attached hydrogens (tertiary/aromatic N) is 3. The first-order chi connectivity index (χ1) is 15.0. The maximum atomic E-state index is 13.6. The molecule has 3 aromatic rings. The second kappa shape index (κ2) is 7.46. The van der Waals surface area contributed by atoms with Crippen molar-refractivity contribution in [1.29, 1.82) is 0 Å². The summed E-state index contributed by atoms with van der Waals surface area (Å²) in [6, 6.07) is 14.0. The minimum absolute atomic E-state index is 0.0522. The average Bonchev–Trinajstić information content (AvgIpc) is 3.38. The predicted molar refractivity (Wildman–Crippen MR) is 112 cm³/mol. The highest BCUT2D eigenvalue weighted by Crippen LogP contribution is 2.39. The molecule has 2 aliphatic heterocycles. The van der Waals surface area contributed by atoms with E-state index in [0.29, 0.717) is 29.2 Å². The Morgan fingerprint density at radius 1 is 1.10 bits per heavy atom. The molecular formula is C23H21N3O5. The molecule has 0 unspecified atom stereocenters. The highest BCUT2D eigenvalue weighted by molar-refractivity contribution is 5.95. The first-order valence-electron chi connectivity index (χ1n) is 10.1. The molecule has 1 amide bonds. The first-order valence-corrected chi connectivity index (χ1v) is 10.1. The SMILES string of the molecule is Cc1ccc(C(=O)N2CCCn3cccc3[C@@H]2c2ccc3c(c2)OCO3)cc1[N+](=O)[O-]. The molecule has 2 aromatic carbocycles. The Kier molecular flexibility index (Phi) is 4.62. The minimum Gasteiger partial charge on any atom is -0.454 e. The number of carbonyl (C=O) groups is 1. The van der Waals surface area contributed by atoms with Crippen LogP contribution >= 0.6 is 0 Å². The quantitative estimate of drug-likeness (QED) is 0.472. The van der Waals surface area contributed by atoms with Crippen LogP contribution < -0.4 is 9.47 Å². The topological polar surface area (TPSA) is 86.8 Å². The predicted octanol–water partition coefficient (Wildman–Crippen LogP) is 4.07. The summed E-state index contributed by atoms with van der Waals surface area (Å²) in [6.07, 6.45) is 2.79. The van der Waals surface area contributed by atoms with Crippen LogP contribution in [-0.2, 0) is 6.54 Å². The summed E-state index contributed by atoms with van der Waals surface area (Å²) < 4.78 is 13.2. The van der Waals surface area contributed by atoms with Gasteiger partial charge < -0.3 is 18.9 Å². The lowest BCUT2D eigenvalue weighted by Crippen LogP contribution is -2.35. The van der Waals surface area contributed by atoms with E-state index in [1.807, 2.05) is 36.5 Å². The van der Waals surface area contributed by atoms with Crippen LogP contribution in [0.15, 0.2) is 54.7 Å². The van der Waals surface area contributed by atoms with E-state index in [0.717, 1.165) is 24.2 Å². The summed E-state index contributed by atoms with van der Waals surface area (Å²) in [6.45, 7) is 3.17. The molecule has 8 heteroatoms. The molecular weight excluding hydrogens is 398 g/mol. The van der Waals surface area contributed by atoms with E-state index in [1.165, 1.54) is 6.07 Å². The number of ether oxygens (including phenoxy) is 2. The summed E-state index contributed by atoms with van der Waals surface area (Å²) in [5.74, 6) is 1.10. The molecule has 8 nitrogen and oxygen atoms in total. The molecule has 0 saturated carbocycles. The molecule has 3 heterocycles. The molecule has 0 aliphatic carbocycles. The van der Waals surface area contributed by atoms with E-state index in [2.05, 4.69) is 4.57 Å². The van der Waals surface area contributed by atoms with Gasteiger partial charge in [0.25, 0.3) is 11.6 Å². The van der Waals surface area contributed by atoms with Crippen LogP contribution in [0.2, 0.25) is 0 Å². The largest absolute Gasteiger partial charge is 0.454 e. The zero-order valence-corrected chi connectivity index (χ0v) is 17.0. The Bertz CT molecular complexity index is 1190. The molecule has 1 aromatic heterocycles. The molecule has 31 heavy (non-hydrogen) atoms. The molecule has 0 radical (unpaired) electrons. The van der Waals surface area contributed by atoms with Crippen molar-refractivity contribution in [3.63, 3.8) is 0 Å². The normalized spacial score (nSPS) is 17.2. The number of aromatic nitrogens is 1. The monoisotopic (exact) mass is 419 g/mol. The molecule has 0 fully saturated rings. The molecule has 1 atom stereocenters. The number of hydrogen-bond donors (Lipinski definition) is 0. The van der Waals surface area contributed by atoms with Gasteiger partial charge in [0, 0.05) is 42.2 Å². The van der Waals surface area contributed by atoms with Crippen molar-refractivity contribution in [2.75, 3.05) is 13.3 Å². The number of rotatable bonds is 3. The van der Waals surface area contributed by atoms with Gasteiger partial charge in [0.15, 0.2) is 11.5 Å². The van der Waals surface area contributed by atoms with Crippen LogP contribution in [0.1, 0.15) is 39.6 Å². The van der Waals surface area contributed by atoms with E-state index in [9.17, 15) is 14.9 Å². The second-order valence-electron chi connectivity index (χ2n) is 7.75. The van der Waals surface area contributed by atoms with Gasteiger partial charge >= 0.3 is 0 Å². The third kappa shape index (κ3) is 3.30. The fourth-order valence-corrected chi connectivity index (χ4v) is 4.34. The van der Waals surface area contributed by atoms with Crippen LogP contribution in [0.3, 0.4) is 0 Å². The van der Waals surface area contributed by atoms with E-state index in [-0.39, 0.29) is 24.4 Å². The summed E-state index contributed by atoms with van der Waals surface area (Å²) >= 11 is 0. The lowest BCUT2D eigenvalue weighted by molar-refractivity contribution is -0.385. The Hall–Kier alpha value is -3.81. The Morgan fingerprint density at radius 3 is 2.77 bits per heavy atom. The van der Waals surface area contributed by atoms with Crippen molar-refractivity contribution < 1.29 is 19.2 Å². The van der Waals surface area contributed by atoms with Gasteiger partial charge in [0.1, 0.15) is 0 Å². The molecule has 0 spiro atoms. The zero-order valence-electron chi connectivity index (χ0n) is 17.0. The number of amides is 1. The molecule has 0 saturated heterocycles. The number of carbonyl (C=O) groups excluding carboxylic acids is 1. The van der Waals surface area contributed by atoms with Crippen molar-refractivity contribution in [1.82, 2.24) is 9.47 Å². The maximum absolute atomic E-state index is 13.6. The molecule has 0 N–H and O–H groups in total. The summed E-state index contributed by atoms with van der Waals surface area (Å²) in [5, 5.41) is 11.4. The van der Waals surface area contributed by atoms with Gasteiger partial charge in [0.2, 0.25) is 6.79 Å². The van der Waals surface area contributed by atoms with Crippen molar-refractivity contribution in [3.05, 3.63) is 87.2 Å². The molecule has 0 bridgehead atoms. The standard InChI is InChI=1S/C23H21N3O5/c1-15-5-6-17(12-19(15)26(28)29)23(27)25-11-3-10-24-9-2-4-18(24)22(25)16-7-8-20-21(13-16)31-14-30-20/h2,4-9,12-13,22H,3,10-11,14H2,1H3/t22-/m0/s1. The lowest BCUT2D eigenvalue weighted by Gasteiger charge is -2.31. The van der Waals surface area contributed by atoms with Gasteiger partial charge in [-0.3, -0.25) is 14.9 Å². The number of benzene rings is 2. The maximum Gasteiger partial charge on any atom is 0.273 e. The van der Waals surface area contributed by atoms with E-state index < -0.39 is 4.92 Å². The second-order valence-corrected chi connectivity index (χ2v) is 7.75. The van der Waals surface area contributed by atoms with Crippen molar-refractivity contribution in [2.45, 2.75) is 25.9 Å². The van der Waals surface area contributed by atoms with Gasteiger partial charge in [-0.1, -0.05) is 12.1 Å². The van der Waals surface area contributed by atoms with E-state index in [1.54, 1.807) is 24.0 Å². The van der Waals surface area contributed by atoms with Gasteiger partial charge in [-0.25, -0.2) is 0 Å². The number of aryl methyl sites for hydroxylation is 2. The van der Waals surface area contributed by atoms with Crippen LogP contribution in [0, 0.1) is 17.0 Å². The average molecular weight is 419 g/mol. The van der Waals surface area contributed by atoms with Crippen molar-refractivity contribution >= 4 is 11.6 Å². The fraction of sp³-hybridized carbons (Fsp3) is 0.261. The third-order valence-electron chi connectivity index (χ3n) is 5.88. The van der Waals surface area contributed by atoms with Gasteiger partial charge in [-0.15, -0.1) is 0 Å². The summed E-state index contributed by atoms with van der Waals surface area (Å²) in [5.41, 5.74) is 2.68. The van der Waals surface area contributed by atoms with Crippen LogP contribution in [-0.4, -0.2) is 33.6 Å². The lowest BCUT2D eigenvalue weighted by atomic mass is 9.99. The zero-order chi connectivity index (χ0) is 21.5. The number of nitro groups is 1. The highest BCUT2D eigenvalue weighted by atomic mass is 16.7. The minimum atomic E-state index is -0.449. The highest BCUT2D eigenvalue weighted by Gasteiger charge is 2.33. The number of nitro benzene ring substituents is 1. The van der Waals surface area contributed by atoms with Crippen LogP contribution in [0.25, 0.3) is 0 Å². The van der Waals surface area contributed by atoms with Crippen molar-refractivity contribution in [3.8, 4) is 11.5 Å². The molecule has 5 rings (SSSR count). The van der Waals surface area contributed by atoms with E-state index in [4.69, 9.17) is 9.47 Å². The Balaban J connectivity index is 1.60. The fourth-order valence-electron chi connectivity index (χ4n) is 4.34. The smallest absolute Gasteiger partial charge is 0.273 e. The first kappa shape index (κ1) is 19.2. The van der Waals surface area contributed by atoms with E-state index >= 15 is 0 Å². The Labute approximate surface area is 178 Å². The van der Waals surface area contributed by atoms with Crippen molar-refractivity contribution in [2.24, 2.45) is 0 Å². The van der Waals surface area contributed by atoms with Gasteiger partial charge in [0.05, 0.1) is 11.0 Å².